The van der Waals surface area contributed by atoms with E-state index in [4.69, 9.17) is 4.98 Å². The van der Waals surface area contributed by atoms with Crippen LogP contribution in [0.15, 0.2) is 66.9 Å². The second kappa shape index (κ2) is 9.48. The molecule has 0 saturated carbocycles. The first-order chi connectivity index (χ1) is 17.6. The summed E-state index contributed by atoms with van der Waals surface area (Å²) < 4.78 is 2.10. The zero-order chi connectivity index (χ0) is 26.4. The largest absolute Gasteiger partial charge is 0.303 e. The molecule has 0 bridgehead atoms. The van der Waals surface area contributed by atoms with Gasteiger partial charge in [-0.25, -0.2) is 4.98 Å². The van der Waals surface area contributed by atoms with Gasteiger partial charge in [-0.05, 0) is 87.9 Å². The Hall–Kier alpha value is -3.98. The van der Waals surface area contributed by atoms with Crippen molar-refractivity contribution in [2.45, 2.75) is 54.9 Å². The molecule has 0 fully saturated rings. The maximum absolute atomic E-state index is 12.5. The van der Waals surface area contributed by atoms with Crippen LogP contribution in [0.3, 0.4) is 0 Å². The topological polar surface area (TPSA) is 34.4 Å². The van der Waals surface area contributed by atoms with E-state index in [0.29, 0.717) is 6.42 Å². The van der Waals surface area contributed by atoms with Crippen LogP contribution in [-0.2, 0) is 11.2 Å². The van der Waals surface area contributed by atoms with Crippen LogP contribution in [0.5, 0.6) is 0 Å². The molecule has 37 heavy (non-hydrogen) atoms. The van der Waals surface area contributed by atoms with Gasteiger partial charge in [0.2, 0.25) is 0 Å². The van der Waals surface area contributed by atoms with Gasteiger partial charge in [0.1, 0.15) is 11.4 Å². The molecule has 5 aromatic rings. The lowest BCUT2D eigenvalue weighted by molar-refractivity contribution is -0.116. The molecular weight excluding hydrogens is 452 g/mol. The minimum Gasteiger partial charge on any atom is -0.303 e. The fourth-order valence-corrected chi connectivity index (χ4v) is 5.56. The second-order valence-electron chi connectivity index (χ2n) is 10.7. The van der Waals surface area contributed by atoms with Gasteiger partial charge in [-0.3, -0.25) is 4.79 Å². The third kappa shape index (κ3) is 4.86. The molecule has 5 rings (SSSR count). The summed E-state index contributed by atoms with van der Waals surface area (Å²) in [7, 11) is 0. The molecule has 0 amide bonds. The molecule has 0 unspecified atom stereocenters. The fourth-order valence-electron chi connectivity index (χ4n) is 5.56. The first-order valence-electron chi connectivity index (χ1n) is 12.9. The van der Waals surface area contributed by atoms with Crippen LogP contribution in [0.25, 0.3) is 39.2 Å². The Morgan fingerprint density at radius 3 is 1.65 bits per heavy atom. The normalized spacial score (nSPS) is 11.3. The Bertz CT molecular complexity index is 1570. The van der Waals surface area contributed by atoms with E-state index in [-0.39, 0.29) is 5.78 Å². The number of imidazole rings is 1. The lowest BCUT2D eigenvalue weighted by atomic mass is 9.86. The fraction of sp³-hybridized carbons (Fsp3) is 0.235. The third-order valence-corrected chi connectivity index (χ3v) is 6.87. The number of Topliss-reactive ketones (excluding diaryl/α,β-unsaturated/α-hetero) is 1. The molecular formula is C34H34N2O. The van der Waals surface area contributed by atoms with Gasteiger partial charge in [0, 0.05) is 18.2 Å². The summed E-state index contributed by atoms with van der Waals surface area (Å²) in [6.45, 7) is 14.5. The van der Waals surface area contributed by atoms with Crippen LogP contribution in [0.4, 0.5) is 0 Å². The van der Waals surface area contributed by atoms with Gasteiger partial charge in [0.25, 0.3) is 0 Å². The molecule has 0 N–H and O–H groups in total. The molecule has 0 saturated heterocycles. The first-order valence-corrected chi connectivity index (χ1v) is 12.9. The Kier molecular flexibility index (Phi) is 6.33. The van der Waals surface area contributed by atoms with E-state index in [1.54, 1.807) is 6.92 Å². The van der Waals surface area contributed by atoms with Crippen LogP contribution < -0.4 is 0 Å². The van der Waals surface area contributed by atoms with Crippen molar-refractivity contribution in [3.05, 3.63) is 106 Å². The zero-order valence-electron chi connectivity index (χ0n) is 22.9. The SMILES string of the molecule is CC(=O)Cc1c(-c2c(-c3cc(C)cc(C)c3)cc(C)cc2-c2cc(C)cc(C)c2)nc2ccc(C)cn12. The Labute approximate surface area is 219 Å². The number of rotatable bonds is 5. The highest BCUT2D eigenvalue weighted by atomic mass is 16.1. The van der Waals surface area contributed by atoms with Gasteiger partial charge < -0.3 is 4.40 Å². The number of carbonyl (C=O) groups excluding carboxylic acids is 1. The maximum Gasteiger partial charge on any atom is 0.137 e. The van der Waals surface area contributed by atoms with Gasteiger partial charge in [0.05, 0.1) is 11.4 Å². The quantitative estimate of drug-likeness (QED) is 0.250. The molecule has 3 nitrogen and oxygen atoms in total. The van der Waals surface area contributed by atoms with Crippen LogP contribution in [0.1, 0.15) is 46.0 Å². The van der Waals surface area contributed by atoms with Crippen molar-refractivity contribution in [1.29, 1.82) is 0 Å². The smallest absolute Gasteiger partial charge is 0.137 e. The van der Waals surface area contributed by atoms with Crippen molar-refractivity contribution in [1.82, 2.24) is 9.38 Å². The van der Waals surface area contributed by atoms with E-state index < -0.39 is 0 Å². The molecule has 3 aromatic carbocycles. The van der Waals surface area contributed by atoms with E-state index in [1.807, 2.05) is 6.07 Å². The zero-order valence-corrected chi connectivity index (χ0v) is 22.9. The van der Waals surface area contributed by atoms with Gasteiger partial charge in [-0.2, -0.15) is 0 Å². The molecule has 2 heterocycles. The molecule has 186 valence electrons. The summed E-state index contributed by atoms with van der Waals surface area (Å²) in [4.78, 5) is 17.7. The van der Waals surface area contributed by atoms with Gasteiger partial charge in [-0.1, -0.05) is 76.9 Å². The van der Waals surface area contributed by atoms with E-state index in [1.165, 1.54) is 38.9 Å². The molecule has 0 aliphatic heterocycles. The molecule has 3 heteroatoms. The average molecular weight is 487 g/mol. The van der Waals surface area contributed by atoms with Gasteiger partial charge in [0.15, 0.2) is 0 Å². The van der Waals surface area contributed by atoms with E-state index >= 15 is 0 Å². The summed E-state index contributed by atoms with van der Waals surface area (Å²) in [5, 5.41) is 0. The Morgan fingerprint density at radius 2 is 1.16 bits per heavy atom. The maximum atomic E-state index is 12.5. The lowest BCUT2D eigenvalue weighted by Crippen LogP contribution is -2.04. The van der Waals surface area contributed by atoms with Gasteiger partial charge in [-0.15, -0.1) is 0 Å². The standard InChI is InChI=1S/C34H34N2O/c1-20-8-9-32-35-34(31(18-26(7)37)36(32)19-20)33-29(27-12-21(2)10-22(3)13-27)16-25(6)17-30(33)28-14-23(4)11-24(5)15-28/h8-17,19H,18H2,1-7H3. The van der Waals surface area contributed by atoms with Crippen LogP contribution >= 0.6 is 0 Å². The van der Waals surface area contributed by atoms with Crippen LogP contribution in [-0.4, -0.2) is 15.2 Å². The first kappa shape index (κ1) is 24.7. The van der Waals surface area contributed by atoms with Crippen molar-refractivity contribution in [3.8, 4) is 33.5 Å². The summed E-state index contributed by atoms with van der Waals surface area (Å²) in [6.07, 6.45) is 2.41. The van der Waals surface area contributed by atoms with Gasteiger partial charge >= 0.3 is 0 Å². The monoisotopic (exact) mass is 486 g/mol. The highest BCUT2D eigenvalue weighted by Crippen LogP contribution is 2.43. The highest BCUT2D eigenvalue weighted by Gasteiger charge is 2.23. The number of ketones is 1. The second-order valence-corrected chi connectivity index (χ2v) is 10.7. The number of nitrogens with zero attached hydrogens (tertiary/aromatic N) is 2. The lowest BCUT2D eigenvalue weighted by Gasteiger charge is -2.19. The number of hydrogen-bond acceptors (Lipinski definition) is 2. The number of benzene rings is 3. The highest BCUT2D eigenvalue weighted by molar-refractivity contribution is 5.96. The van der Waals surface area contributed by atoms with Crippen molar-refractivity contribution >= 4 is 11.4 Å². The van der Waals surface area contributed by atoms with E-state index in [2.05, 4.69) is 107 Å². The van der Waals surface area contributed by atoms with Crippen LogP contribution in [0, 0.1) is 41.5 Å². The Balaban J connectivity index is 1.95. The number of pyridine rings is 1. The molecule has 0 radical (unpaired) electrons. The summed E-state index contributed by atoms with van der Waals surface area (Å²) >= 11 is 0. The predicted molar refractivity (Wildman–Crippen MR) is 154 cm³/mol. The molecule has 0 aliphatic rings. The number of fused-ring (bicyclic) bond motifs is 1. The number of hydrogen-bond donors (Lipinski definition) is 0. The number of aromatic nitrogens is 2. The summed E-state index contributed by atoms with van der Waals surface area (Å²) in [5.74, 6) is 0.123. The van der Waals surface area contributed by atoms with Crippen LogP contribution in [0.2, 0.25) is 0 Å². The number of aryl methyl sites for hydroxylation is 6. The summed E-state index contributed by atoms with van der Waals surface area (Å²) in [5.41, 5.74) is 15.6. The van der Waals surface area contributed by atoms with Crippen molar-refractivity contribution < 1.29 is 4.79 Å². The Morgan fingerprint density at radius 1 is 0.676 bits per heavy atom. The number of carbonyl (C=O) groups is 1. The molecule has 0 aliphatic carbocycles. The minimum absolute atomic E-state index is 0.123. The van der Waals surface area contributed by atoms with Crippen molar-refractivity contribution in [2.75, 3.05) is 0 Å². The third-order valence-electron chi connectivity index (χ3n) is 6.87. The minimum atomic E-state index is 0.123. The molecule has 2 aromatic heterocycles. The van der Waals surface area contributed by atoms with E-state index in [0.717, 1.165) is 39.3 Å². The predicted octanol–water partition coefficient (Wildman–Crippen LogP) is 8.32. The van der Waals surface area contributed by atoms with Crippen molar-refractivity contribution in [2.24, 2.45) is 0 Å². The summed E-state index contributed by atoms with van der Waals surface area (Å²) in [6, 6.07) is 22.1. The molecule has 0 spiro atoms. The van der Waals surface area contributed by atoms with E-state index in [9.17, 15) is 4.79 Å². The average Bonchev–Trinajstić information content (AvgIpc) is 3.13. The van der Waals surface area contributed by atoms with Crippen molar-refractivity contribution in [3.63, 3.8) is 0 Å². The molecule has 0 atom stereocenters.